The van der Waals surface area contributed by atoms with Gasteiger partial charge in [-0.15, -0.1) is 0 Å². The Morgan fingerprint density at radius 1 is 1.26 bits per heavy atom. The van der Waals surface area contributed by atoms with Crippen molar-refractivity contribution in [3.8, 4) is 0 Å². The first-order valence-electron chi connectivity index (χ1n) is 6.34. The fourth-order valence-electron chi connectivity index (χ4n) is 1.78. The number of nitrogens with zero attached hydrogens (tertiary/aromatic N) is 2. The number of nitrogens with one attached hydrogen (secondary N) is 2. The Balaban J connectivity index is 1.84. The summed E-state index contributed by atoms with van der Waals surface area (Å²) in [6.07, 6.45) is 4.00. The molecule has 3 rings (SSSR count). The number of aryl methyl sites for hydroxylation is 1. The van der Waals surface area contributed by atoms with Gasteiger partial charge in [-0.05, 0) is 31.4 Å². The SMILES string of the molecule is Cc1ccccc1Nc1nc(NC2CC2)ncc1Cl. The van der Waals surface area contributed by atoms with Crippen LogP contribution in [0.2, 0.25) is 5.02 Å². The Labute approximate surface area is 117 Å². The van der Waals surface area contributed by atoms with E-state index in [1.807, 2.05) is 31.2 Å². The van der Waals surface area contributed by atoms with Crippen LogP contribution in [0.3, 0.4) is 0 Å². The highest BCUT2D eigenvalue weighted by molar-refractivity contribution is 6.32. The number of hydrogen-bond donors (Lipinski definition) is 2. The molecule has 0 radical (unpaired) electrons. The summed E-state index contributed by atoms with van der Waals surface area (Å²) in [5.41, 5.74) is 2.15. The van der Waals surface area contributed by atoms with E-state index in [4.69, 9.17) is 11.6 Å². The summed E-state index contributed by atoms with van der Waals surface area (Å²) >= 11 is 6.14. The molecule has 1 aliphatic carbocycles. The van der Waals surface area contributed by atoms with Crippen molar-refractivity contribution in [2.24, 2.45) is 0 Å². The number of aromatic nitrogens is 2. The molecule has 19 heavy (non-hydrogen) atoms. The summed E-state index contributed by atoms with van der Waals surface area (Å²) in [6.45, 7) is 2.04. The molecule has 0 aliphatic heterocycles. The molecule has 0 unspecified atom stereocenters. The Morgan fingerprint density at radius 3 is 2.79 bits per heavy atom. The maximum atomic E-state index is 6.14. The lowest BCUT2D eigenvalue weighted by Gasteiger charge is -2.11. The van der Waals surface area contributed by atoms with Crippen molar-refractivity contribution < 1.29 is 0 Å². The molecular formula is C14H15ClN4. The quantitative estimate of drug-likeness (QED) is 0.891. The highest BCUT2D eigenvalue weighted by atomic mass is 35.5. The van der Waals surface area contributed by atoms with Gasteiger partial charge in [-0.2, -0.15) is 4.98 Å². The average molecular weight is 275 g/mol. The molecule has 0 amide bonds. The van der Waals surface area contributed by atoms with E-state index in [1.165, 1.54) is 12.8 Å². The van der Waals surface area contributed by atoms with Gasteiger partial charge in [0.05, 0.1) is 6.20 Å². The number of rotatable bonds is 4. The van der Waals surface area contributed by atoms with Crippen LogP contribution in [0.5, 0.6) is 0 Å². The van der Waals surface area contributed by atoms with Crippen molar-refractivity contribution in [3.05, 3.63) is 41.0 Å². The lowest BCUT2D eigenvalue weighted by atomic mass is 10.2. The molecular weight excluding hydrogens is 260 g/mol. The third kappa shape index (κ3) is 2.96. The average Bonchev–Trinajstić information content (AvgIpc) is 3.20. The van der Waals surface area contributed by atoms with Crippen molar-refractivity contribution in [1.29, 1.82) is 0 Å². The molecule has 0 spiro atoms. The van der Waals surface area contributed by atoms with Crippen LogP contribution in [-0.4, -0.2) is 16.0 Å². The van der Waals surface area contributed by atoms with Gasteiger partial charge in [0.2, 0.25) is 5.95 Å². The van der Waals surface area contributed by atoms with Crippen LogP contribution in [0.15, 0.2) is 30.5 Å². The molecule has 0 saturated heterocycles. The van der Waals surface area contributed by atoms with Gasteiger partial charge in [0, 0.05) is 11.7 Å². The topological polar surface area (TPSA) is 49.8 Å². The molecule has 1 saturated carbocycles. The zero-order chi connectivity index (χ0) is 13.2. The normalized spacial score (nSPS) is 14.2. The van der Waals surface area contributed by atoms with E-state index in [0.29, 0.717) is 22.8 Å². The van der Waals surface area contributed by atoms with E-state index in [2.05, 4.69) is 20.6 Å². The van der Waals surface area contributed by atoms with Gasteiger partial charge in [0.15, 0.2) is 5.82 Å². The van der Waals surface area contributed by atoms with Crippen LogP contribution in [0, 0.1) is 6.92 Å². The second kappa shape index (κ2) is 5.05. The van der Waals surface area contributed by atoms with E-state index in [0.717, 1.165) is 11.3 Å². The predicted octanol–water partition coefficient (Wildman–Crippen LogP) is 3.76. The molecule has 0 bridgehead atoms. The minimum Gasteiger partial charge on any atom is -0.351 e. The Hall–Kier alpha value is -1.81. The largest absolute Gasteiger partial charge is 0.351 e. The third-order valence-corrected chi connectivity index (χ3v) is 3.33. The van der Waals surface area contributed by atoms with Gasteiger partial charge in [-0.1, -0.05) is 29.8 Å². The van der Waals surface area contributed by atoms with Crippen LogP contribution in [0.1, 0.15) is 18.4 Å². The van der Waals surface area contributed by atoms with Gasteiger partial charge in [0.25, 0.3) is 0 Å². The van der Waals surface area contributed by atoms with Crippen molar-refractivity contribution in [3.63, 3.8) is 0 Å². The van der Waals surface area contributed by atoms with E-state index in [-0.39, 0.29) is 0 Å². The summed E-state index contributed by atoms with van der Waals surface area (Å²) in [5, 5.41) is 7.03. The molecule has 1 aromatic heterocycles. The van der Waals surface area contributed by atoms with E-state index < -0.39 is 0 Å². The first kappa shape index (κ1) is 12.2. The molecule has 1 fully saturated rings. The second-order valence-electron chi connectivity index (χ2n) is 4.75. The molecule has 2 aromatic rings. The first-order chi connectivity index (χ1) is 9.22. The van der Waals surface area contributed by atoms with Crippen LogP contribution in [0.4, 0.5) is 17.5 Å². The Kier molecular flexibility index (Phi) is 3.25. The van der Waals surface area contributed by atoms with E-state index >= 15 is 0 Å². The van der Waals surface area contributed by atoms with Crippen LogP contribution >= 0.6 is 11.6 Å². The number of hydrogen-bond acceptors (Lipinski definition) is 4. The monoisotopic (exact) mass is 274 g/mol. The van der Waals surface area contributed by atoms with Gasteiger partial charge in [-0.25, -0.2) is 4.98 Å². The smallest absolute Gasteiger partial charge is 0.224 e. The van der Waals surface area contributed by atoms with Crippen molar-refractivity contribution in [1.82, 2.24) is 9.97 Å². The summed E-state index contributed by atoms with van der Waals surface area (Å²) in [6, 6.07) is 8.55. The molecule has 98 valence electrons. The van der Waals surface area contributed by atoms with E-state index in [9.17, 15) is 0 Å². The summed E-state index contributed by atoms with van der Waals surface area (Å²) < 4.78 is 0. The second-order valence-corrected chi connectivity index (χ2v) is 5.16. The zero-order valence-electron chi connectivity index (χ0n) is 10.7. The Bertz CT molecular complexity index is 596. The molecule has 1 aromatic carbocycles. The van der Waals surface area contributed by atoms with Crippen LogP contribution in [0.25, 0.3) is 0 Å². The van der Waals surface area contributed by atoms with E-state index in [1.54, 1.807) is 6.20 Å². The van der Waals surface area contributed by atoms with Crippen LogP contribution < -0.4 is 10.6 Å². The fraction of sp³-hybridized carbons (Fsp3) is 0.286. The molecule has 0 atom stereocenters. The van der Waals surface area contributed by atoms with Crippen LogP contribution in [-0.2, 0) is 0 Å². The minimum absolute atomic E-state index is 0.518. The maximum Gasteiger partial charge on any atom is 0.224 e. The maximum absolute atomic E-state index is 6.14. The van der Waals surface area contributed by atoms with Crippen molar-refractivity contribution in [2.45, 2.75) is 25.8 Å². The van der Waals surface area contributed by atoms with Gasteiger partial charge >= 0.3 is 0 Å². The highest BCUT2D eigenvalue weighted by Gasteiger charge is 2.22. The van der Waals surface area contributed by atoms with Crippen molar-refractivity contribution >= 4 is 29.1 Å². The molecule has 5 heteroatoms. The van der Waals surface area contributed by atoms with Gasteiger partial charge in [-0.3, -0.25) is 0 Å². The fourth-order valence-corrected chi connectivity index (χ4v) is 1.91. The third-order valence-electron chi connectivity index (χ3n) is 3.05. The highest BCUT2D eigenvalue weighted by Crippen LogP contribution is 2.27. The van der Waals surface area contributed by atoms with Gasteiger partial charge < -0.3 is 10.6 Å². The lowest BCUT2D eigenvalue weighted by Crippen LogP contribution is -2.07. The lowest BCUT2D eigenvalue weighted by molar-refractivity contribution is 1.05. The first-order valence-corrected chi connectivity index (χ1v) is 6.72. The molecule has 2 N–H and O–H groups in total. The minimum atomic E-state index is 0.518. The van der Waals surface area contributed by atoms with Gasteiger partial charge in [0.1, 0.15) is 5.02 Å². The number of halogens is 1. The summed E-state index contributed by atoms with van der Waals surface area (Å²) in [4.78, 5) is 8.61. The number of anilines is 3. The summed E-state index contributed by atoms with van der Waals surface area (Å²) in [7, 11) is 0. The molecule has 4 nitrogen and oxygen atoms in total. The standard InChI is InChI=1S/C14H15ClN4/c1-9-4-2-3-5-12(9)18-13-11(15)8-16-14(19-13)17-10-6-7-10/h2-5,8,10H,6-7H2,1H3,(H2,16,17,18,19). The zero-order valence-corrected chi connectivity index (χ0v) is 11.4. The number of para-hydroxylation sites is 1. The summed E-state index contributed by atoms with van der Waals surface area (Å²) in [5.74, 6) is 1.26. The molecule has 1 aliphatic rings. The predicted molar refractivity (Wildman–Crippen MR) is 78.1 cm³/mol. The Morgan fingerprint density at radius 2 is 2.05 bits per heavy atom. The number of benzene rings is 1. The molecule has 1 heterocycles. The van der Waals surface area contributed by atoms with Crippen molar-refractivity contribution in [2.75, 3.05) is 10.6 Å².